The van der Waals surface area contributed by atoms with Gasteiger partial charge in [0.2, 0.25) is 0 Å². The van der Waals surface area contributed by atoms with Crippen LogP contribution in [0.3, 0.4) is 0 Å². The van der Waals surface area contributed by atoms with E-state index < -0.39 is 0 Å². The number of hydrogen-bond donors (Lipinski definition) is 3. The Morgan fingerprint density at radius 1 is 1.22 bits per heavy atom. The lowest BCUT2D eigenvalue weighted by Gasteiger charge is -2.07. The van der Waals surface area contributed by atoms with E-state index >= 15 is 0 Å². The lowest BCUT2D eigenvalue weighted by atomic mass is 10.1. The van der Waals surface area contributed by atoms with Crippen molar-refractivity contribution in [3.63, 3.8) is 0 Å². The van der Waals surface area contributed by atoms with Crippen LogP contribution in [-0.2, 0) is 6.42 Å². The summed E-state index contributed by atoms with van der Waals surface area (Å²) in [5, 5.41) is 0. The quantitative estimate of drug-likeness (QED) is 0.628. The predicted molar refractivity (Wildman–Crippen MR) is 122 cm³/mol. The molecule has 0 unspecified atom stereocenters. The summed E-state index contributed by atoms with van der Waals surface area (Å²) >= 11 is 3.64. The molecule has 1 aromatic carbocycles. The Morgan fingerprint density at radius 2 is 1.78 bits per heavy atom. The summed E-state index contributed by atoms with van der Waals surface area (Å²) in [6.07, 6.45) is 6.09. The van der Waals surface area contributed by atoms with Gasteiger partial charge in [0, 0.05) is 23.9 Å². The van der Waals surface area contributed by atoms with Crippen molar-refractivity contribution in [3.05, 3.63) is 59.2 Å². The SMILES string of the molecule is C=CN.CCCCN.CCc1nc(-c2ccc(C)cc2)c(Br)n1/C(C)=C\N. The van der Waals surface area contributed by atoms with E-state index in [1.807, 2.05) is 6.92 Å². The number of nitrogens with zero attached hydrogens (tertiary/aromatic N) is 2. The molecule has 0 spiro atoms. The van der Waals surface area contributed by atoms with Crippen LogP contribution >= 0.6 is 15.9 Å². The minimum absolute atomic E-state index is 0.844. The summed E-state index contributed by atoms with van der Waals surface area (Å²) in [4.78, 5) is 4.72. The van der Waals surface area contributed by atoms with Gasteiger partial charge in [-0.15, -0.1) is 0 Å². The fourth-order valence-corrected chi connectivity index (χ4v) is 3.02. The Balaban J connectivity index is 0.000000719. The molecule has 1 aromatic heterocycles. The summed E-state index contributed by atoms with van der Waals surface area (Å²) in [6, 6.07) is 8.37. The van der Waals surface area contributed by atoms with Gasteiger partial charge in [0.1, 0.15) is 16.1 Å². The highest BCUT2D eigenvalue weighted by molar-refractivity contribution is 9.10. The van der Waals surface area contributed by atoms with E-state index in [2.05, 4.69) is 77.8 Å². The standard InChI is InChI=1S/C15H18BrN3.C4H11N.C2H5N/c1-4-13-18-14(12-7-5-10(2)6-8-12)15(16)19(13)11(3)9-17;1-2-3-4-5;1-2-3/h5-9H,4,17H2,1-3H3;2-5H2,1H3;2H,1,3H2/b11-9-;;. The molecule has 0 aliphatic carbocycles. The number of benzene rings is 1. The maximum Gasteiger partial charge on any atom is 0.117 e. The molecule has 0 aliphatic rings. The van der Waals surface area contributed by atoms with Crippen molar-refractivity contribution in [2.24, 2.45) is 17.2 Å². The van der Waals surface area contributed by atoms with Crippen LogP contribution in [-0.4, -0.2) is 16.1 Å². The molecule has 2 aromatic rings. The third-order valence-electron chi connectivity index (χ3n) is 3.68. The Kier molecular flexibility index (Phi) is 13.0. The first-order valence-corrected chi connectivity index (χ1v) is 9.96. The molecule has 27 heavy (non-hydrogen) atoms. The Bertz CT molecular complexity index is 700. The predicted octanol–water partition coefficient (Wildman–Crippen LogP) is 4.79. The van der Waals surface area contributed by atoms with Crippen LogP contribution < -0.4 is 17.2 Å². The fourth-order valence-electron chi connectivity index (χ4n) is 2.21. The van der Waals surface area contributed by atoms with E-state index in [-0.39, 0.29) is 0 Å². The summed E-state index contributed by atoms with van der Waals surface area (Å²) in [6.45, 7) is 12.3. The van der Waals surface area contributed by atoms with Crippen LogP contribution in [0.5, 0.6) is 0 Å². The molecule has 1 heterocycles. The molecular formula is C21H34BrN5. The lowest BCUT2D eigenvalue weighted by molar-refractivity contribution is 0.807. The second kappa shape index (κ2) is 14.1. The number of hydrogen-bond acceptors (Lipinski definition) is 4. The first kappa shape index (κ1) is 24.9. The first-order chi connectivity index (χ1) is 12.9. The number of halogens is 1. The monoisotopic (exact) mass is 435 g/mol. The second-order valence-corrected chi connectivity index (χ2v) is 6.66. The third kappa shape index (κ3) is 8.01. The zero-order valence-electron chi connectivity index (χ0n) is 17.0. The van der Waals surface area contributed by atoms with Crippen molar-refractivity contribution in [3.8, 4) is 11.3 Å². The van der Waals surface area contributed by atoms with Crippen LogP contribution in [0.1, 0.15) is 45.0 Å². The average molecular weight is 436 g/mol. The van der Waals surface area contributed by atoms with Crippen LogP contribution in [0.15, 0.2) is 47.8 Å². The number of rotatable bonds is 5. The van der Waals surface area contributed by atoms with E-state index in [1.54, 1.807) is 6.20 Å². The van der Waals surface area contributed by atoms with Crippen LogP contribution in [0.4, 0.5) is 0 Å². The molecule has 5 nitrogen and oxygen atoms in total. The normalized spacial score (nSPS) is 10.4. The van der Waals surface area contributed by atoms with Gasteiger partial charge in [-0.2, -0.15) is 0 Å². The van der Waals surface area contributed by atoms with Gasteiger partial charge in [0.05, 0.1) is 0 Å². The Labute approximate surface area is 172 Å². The zero-order valence-corrected chi connectivity index (χ0v) is 18.6. The van der Waals surface area contributed by atoms with E-state index in [0.717, 1.165) is 40.3 Å². The largest absolute Gasteiger partial charge is 0.405 e. The lowest BCUT2D eigenvalue weighted by Crippen LogP contribution is -2.02. The smallest absolute Gasteiger partial charge is 0.117 e. The summed E-state index contributed by atoms with van der Waals surface area (Å²) in [5.41, 5.74) is 19.7. The molecular weight excluding hydrogens is 402 g/mol. The number of imidazole rings is 1. The van der Waals surface area contributed by atoms with E-state index in [0.29, 0.717) is 0 Å². The van der Waals surface area contributed by atoms with Gasteiger partial charge in [0.25, 0.3) is 0 Å². The van der Waals surface area contributed by atoms with Gasteiger partial charge >= 0.3 is 0 Å². The van der Waals surface area contributed by atoms with Crippen molar-refractivity contribution in [1.82, 2.24) is 9.55 Å². The highest BCUT2D eigenvalue weighted by Gasteiger charge is 2.16. The highest BCUT2D eigenvalue weighted by Crippen LogP contribution is 2.31. The van der Waals surface area contributed by atoms with E-state index in [4.69, 9.17) is 16.5 Å². The Hall–Kier alpha value is -2.05. The van der Waals surface area contributed by atoms with Crippen molar-refractivity contribution in [1.29, 1.82) is 0 Å². The van der Waals surface area contributed by atoms with Crippen molar-refractivity contribution in [2.45, 2.75) is 47.0 Å². The Morgan fingerprint density at radius 3 is 2.15 bits per heavy atom. The molecule has 0 aliphatic heterocycles. The second-order valence-electron chi connectivity index (χ2n) is 5.91. The minimum atomic E-state index is 0.844. The molecule has 0 radical (unpaired) electrons. The topological polar surface area (TPSA) is 95.9 Å². The van der Waals surface area contributed by atoms with Gasteiger partial charge < -0.3 is 17.2 Å². The number of nitrogens with two attached hydrogens (primary N) is 3. The van der Waals surface area contributed by atoms with Crippen LogP contribution in [0, 0.1) is 6.92 Å². The molecule has 0 atom stereocenters. The van der Waals surface area contributed by atoms with Gasteiger partial charge in [-0.05, 0) is 48.9 Å². The third-order valence-corrected chi connectivity index (χ3v) is 4.41. The van der Waals surface area contributed by atoms with Crippen molar-refractivity contribution in [2.75, 3.05) is 6.54 Å². The molecule has 6 N–H and O–H groups in total. The molecule has 0 saturated carbocycles. The molecule has 0 bridgehead atoms. The minimum Gasteiger partial charge on any atom is -0.405 e. The summed E-state index contributed by atoms with van der Waals surface area (Å²) < 4.78 is 3.00. The van der Waals surface area contributed by atoms with Gasteiger partial charge in [0.15, 0.2) is 0 Å². The van der Waals surface area contributed by atoms with Crippen molar-refractivity contribution >= 4 is 21.6 Å². The van der Waals surface area contributed by atoms with Gasteiger partial charge in [-0.3, -0.25) is 4.57 Å². The van der Waals surface area contributed by atoms with Gasteiger partial charge in [-0.1, -0.05) is 56.7 Å². The van der Waals surface area contributed by atoms with Crippen LogP contribution in [0.25, 0.3) is 17.0 Å². The number of aryl methyl sites for hydroxylation is 2. The molecule has 150 valence electrons. The van der Waals surface area contributed by atoms with E-state index in [9.17, 15) is 0 Å². The molecule has 2 rings (SSSR count). The fraction of sp³-hybridized carbons (Fsp3) is 0.381. The van der Waals surface area contributed by atoms with Gasteiger partial charge in [-0.25, -0.2) is 4.98 Å². The highest BCUT2D eigenvalue weighted by atomic mass is 79.9. The first-order valence-electron chi connectivity index (χ1n) is 9.17. The van der Waals surface area contributed by atoms with Crippen LogP contribution in [0.2, 0.25) is 0 Å². The summed E-state index contributed by atoms with van der Waals surface area (Å²) in [5.74, 6) is 1.00. The maximum absolute atomic E-state index is 5.63. The molecule has 0 amide bonds. The average Bonchev–Trinajstić information content (AvgIpc) is 3.00. The van der Waals surface area contributed by atoms with E-state index in [1.165, 1.54) is 24.6 Å². The summed E-state index contributed by atoms with van der Waals surface area (Å²) in [7, 11) is 0. The van der Waals surface area contributed by atoms with Crippen molar-refractivity contribution < 1.29 is 0 Å². The zero-order chi connectivity index (χ0) is 20.8. The number of aromatic nitrogens is 2. The number of allylic oxidation sites excluding steroid dienone is 1. The number of unbranched alkanes of at least 4 members (excludes halogenated alkanes) is 1. The maximum atomic E-state index is 5.63. The molecule has 6 heteroatoms. The molecule has 0 fully saturated rings. The molecule has 0 saturated heterocycles.